The summed E-state index contributed by atoms with van der Waals surface area (Å²) >= 11 is 0. The van der Waals surface area contributed by atoms with Crippen molar-refractivity contribution in [2.24, 2.45) is 5.14 Å². The summed E-state index contributed by atoms with van der Waals surface area (Å²) in [6.07, 6.45) is 0. The maximum Gasteiger partial charge on any atom is 0.335 e. The molecular weight excluding hydrogens is 258 g/mol. The van der Waals surface area contributed by atoms with Gasteiger partial charge in [0.15, 0.2) is 0 Å². The van der Waals surface area contributed by atoms with E-state index in [1.54, 1.807) is 13.8 Å². The van der Waals surface area contributed by atoms with Crippen molar-refractivity contribution >= 4 is 27.4 Å². The molecule has 0 bridgehead atoms. The molecule has 0 radical (unpaired) electrons. The highest BCUT2D eigenvalue weighted by molar-refractivity contribution is 7.89. The second kappa shape index (κ2) is 4.83. The van der Waals surface area contributed by atoms with Crippen molar-refractivity contribution in [3.63, 3.8) is 0 Å². The molecular formula is C10H15N3O4S. The predicted molar refractivity (Wildman–Crippen MR) is 67.9 cm³/mol. The van der Waals surface area contributed by atoms with Gasteiger partial charge in [-0.2, -0.15) is 0 Å². The normalized spacial score (nSPS) is 11.6. The lowest BCUT2D eigenvalue weighted by Crippen LogP contribution is -2.20. The average molecular weight is 273 g/mol. The molecule has 0 amide bonds. The molecule has 7 nitrogen and oxygen atoms in total. The first-order valence-electron chi connectivity index (χ1n) is 5.09. The monoisotopic (exact) mass is 273 g/mol. The average Bonchev–Trinajstić information content (AvgIpc) is 2.17. The molecule has 0 atom stereocenters. The first-order valence-corrected chi connectivity index (χ1v) is 6.63. The molecule has 0 aromatic heterocycles. The smallest absolute Gasteiger partial charge is 0.335 e. The quantitative estimate of drug-likeness (QED) is 0.587. The molecule has 1 rings (SSSR count). The number of carboxylic acids is 1. The van der Waals surface area contributed by atoms with Gasteiger partial charge in [0, 0.05) is 6.04 Å². The molecule has 0 aliphatic heterocycles. The summed E-state index contributed by atoms with van der Waals surface area (Å²) in [4.78, 5) is 10.5. The van der Waals surface area contributed by atoms with Crippen LogP contribution in [0.3, 0.4) is 0 Å². The largest absolute Gasteiger partial charge is 0.478 e. The first-order chi connectivity index (χ1) is 8.12. The zero-order chi connectivity index (χ0) is 14.1. The Bertz CT molecular complexity index is 581. The summed E-state index contributed by atoms with van der Waals surface area (Å²) in [7, 11) is -4.06. The highest BCUT2D eigenvalue weighted by atomic mass is 32.2. The van der Waals surface area contributed by atoms with Crippen LogP contribution in [0.2, 0.25) is 0 Å². The number of hydrogen-bond acceptors (Lipinski definition) is 5. The number of carboxylic acid groups (broad SMARTS) is 1. The molecule has 0 spiro atoms. The Hall–Kier alpha value is -1.80. The summed E-state index contributed by atoms with van der Waals surface area (Å²) in [5, 5.41) is 16.8. The molecule has 0 aliphatic carbocycles. The topological polar surface area (TPSA) is 136 Å². The minimum absolute atomic E-state index is 0.0209. The fourth-order valence-corrected chi connectivity index (χ4v) is 2.18. The van der Waals surface area contributed by atoms with E-state index < -0.39 is 16.0 Å². The van der Waals surface area contributed by atoms with Gasteiger partial charge < -0.3 is 16.2 Å². The van der Waals surface area contributed by atoms with Crippen LogP contribution in [0.25, 0.3) is 0 Å². The fourth-order valence-electron chi connectivity index (χ4n) is 1.43. The van der Waals surface area contributed by atoms with E-state index in [-0.39, 0.29) is 27.9 Å². The van der Waals surface area contributed by atoms with E-state index in [9.17, 15) is 13.2 Å². The number of sulfonamides is 1. The molecule has 0 heterocycles. The minimum atomic E-state index is -4.06. The summed E-state index contributed by atoms with van der Waals surface area (Å²) in [5.74, 6) is -1.28. The third-order valence-electron chi connectivity index (χ3n) is 2.12. The van der Waals surface area contributed by atoms with Gasteiger partial charge in [0.1, 0.15) is 4.90 Å². The van der Waals surface area contributed by atoms with Crippen molar-refractivity contribution < 1.29 is 18.3 Å². The molecule has 0 aliphatic rings. The Kier molecular flexibility index (Phi) is 3.82. The van der Waals surface area contributed by atoms with Crippen molar-refractivity contribution in [3.05, 3.63) is 17.7 Å². The lowest BCUT2D eigenvalue weighted by atomic mass is 10.1. The van der Waals surface area contributed by atoms with Gasteiger partial charge in [-0.05, 0) is 26.0 Å². The number of nitrogens with two attached hydrogens (primary N) is 2. The van der Waals surface area contributed by atoms with E-state index in [0.717, 1.165) is 6.07 Å². The second-order valence-electron chi connectivity index (χ2n) is 4.09. The molecule has 0 unspecified atom stereocenters. The van der Waals surface area contributed by atoms with E-state index in [1.807, 2.05) is 0 Å². The van der Waals surface area contributed by atoms with E-state index in [4.69, 9.17) is 16.0 Å². The molecule has 6 N–H and O–H groups in total. The SMILES string of the molecule is CC(C)Nc1c(N)cc(C(=O)O)cc1S(N)(=O)=O. The number of nitrogen functional groups attached to an aromatic ring is 1. The maximum absolute atomic E-state index is 11.5. The Morgan fingerprint density at radius 3 is 2.33 bits per heavy atom. The number of aromatic carboxylic acids is 1. The number of primary sulfonamides is 1. The van der Waals surface area contributed by atoms with Crippen LogP contribution >= 0.6 is 0 Å². The van der Waals surface area contributed by atoms with E-state index in [2.05, 4.69) is 5.32 Å². The molecule has 0 saturated carbocycles. The van der Waals surface area contributed by atoms with Gasteiger partial charge in [-0.1, -0.05) is 0 Å². The van der Waals surface area contributed by atoms with Gasteiger partial charge in [0.05, 0.1) is 16.9 Å². The van der Waals surface area contributed by atoms with Crippen molar-refractivity contribution in [1.82, 2.24) is 0 Å². The number of hydrogen-bond donors (Lipinski definition) is 4. The maximum atomic E-state index is 11.5. The molecule has 1 aromatic carbocycles. The minimum Gasteiger partial charge on any atom is -0.478 e. The van der Waals surface area contributed by atoms with Crippen molar-refractivity contribution in [1.29, 1.82) is 0 Å². The van der Waals surface area contributed by atoms with E-state index in [0.29, 0.717) is 0 Å². The standard InChI is InChI=1S/C10H15N3O4S/c1-5(2)13-9-7(11)3-6(10(14)15)4-8(9)18(12,16)17/h3-5,13H,11H2,1-2H3,(H,14,15)(H2,12,16,17). The lowest BCUT2D eigenvalue weighted by molar-refractivity contribution is 0.0696. The molecule has 1 aromatic rings. The molecule has 18 heavy (non-hydrogen) atoms. The van der Waals surface area contributed by atoms with Crippen LogP contribution in [-0.4, -0.2) is 25.5 Å². The van der Waals surface area contributed by atoms with Crippen molar-refractivity contribution in [2.45, 2.75) is 24.8 Å². The van der Waals surface area contributed by atoms with Crippen molar-refractivity contribution in [2.75, 3.05) is 11.1 Å². The number of rotatable bonds is 4. The number of carbonyl (C=O) groups is 1. The van der Waals surface area contributed by atoms with Gasteiger partial charge in [0.2, 0.25) is 10.0 Å². The Labute approximate surface area is 105 Å². The molecule has 100 valence electrons. The van der Waals surface area contributed by atoms with Gasteiger partial charge in [-0.3, -0.25) is 0 Å². The summed E-state index contributed by atoms with van der Waals surface area (Å²) in [6, 6.07) is 2.09. The van der Waals surface area contributed by atoms with Crippen LogP contribution in [0.5, 0.6) is 0 Å². The molecule has 0 saturated heterocycles. The highest BCUT2D eigenvalue weighted by Gasteiger charge is 2.20. The Morgan fingerprint density at radius 1 is 1.39 bits per heavy atom. The predicted octanol–water partition coefficient (Wildman–Crippen LogP) is 0.435. The van der Waals surface area contributed by atoms with Crippen LogP contribution in [0, 0.1) is 0 Å². The molecule has 0 fully saturated rings. The van der Waals surface area contributed by atoms with Crippen LogP contribution in [0.15, 0.2) is 17.0 Å². The summed E-state index contributed by atoms with van der Waals surface area (Å²) in [5.41, 5.74) is 5.57. The zero-order valence-corrected chi connectivity index (χ0v) is 10.8. The highest BCUT2D eigenvalue weighted by Crippen LogP contribution is 2.29. The van der Waals surface area contributed by atoms with Crippen LogP contribution in [0.4, 0.5) is 11.4 Å². The van der Waals surface area contributed by atoms with E-state index in [1.165, 1.54) is 6.07 Å². The fraction of sp³-hybridized carbons (Fsp3) is 0.300. The third kappa shape index (κ3) is 3.11. The lowest BCUT2D eigenvalue weighted by Gasteiger charge is -2.16. The molecule has 8 heteroatoms. The third-order valence-corrected chi connectivity index (χ3v) is 3.05. The zero-order valence-electron chi connectivity index (χ0n) is 9.97. The summed E-state index contributed by atoms with van der Waals surface area (Å²) in [6.45, 7) is 3.58. The first kappa shape index (κ1) is 14.3. The number of nitrogens with one attached hydrogen (secondary N) is 1. The van der Waals surface area contributed by atoms with E-state index >= 15 is 0 Å². The van der Waals surface area contributed by atoms with Gasteiger partial charge in [0.25, 0.3) is 0 Å². The van der Waals surface area contributed by atoms with Gasteiger partial charge in [-0.25, -0.2) is 18.4 Å². The second-order valence-corrected chi connectivity index (χ2v) is 5.62. The van der Waals surface area contributed by atoms with Gasteiger partial charge in [-0.15, -0.1) is 0 Å². The Balaban J connectivity index is 3.55. The van der Waals surface area contributed by atoms with Gasteiger partial charge >= 0.3 is 5.97 Å². The summed E-state index contributed by atoms with van der Waals surface area (Å²) < 4.78 is 22.9. The Morgan fingerprint density at radius 2 is 1.94 bits per heavy atom. The van der Waals surface area contributed by atoms with Crippen LogP contribution in [0.1, 0.15) is 24.2 Å². The number of anilines is 2. The van der Waals surface area contributed by atoms with Crippen molar-refractivity contribution in [3.8, 4) is 0 Å². The van der Waals surface area contributed by atoms with Crippen LogP contribution < -0.4 is 16.2 Å². The van der Waals surface area contributed by atoms with Crippen LogP contribution in [-0.2, 0) is 10.0 Å². The number of benzene rings is 1.